The number of rotatable bonds is 10. The van der Waals surface area contributed by atoms with Crippen LogP contribution in [0.5, 0.6) is 28.7 Å². The smallest absolute Gasteiger partial charge is 0.333 e. The van der Waals surface area contributed by atoms with Crippen LogP contribution in [0.3, 0.4) is 0 Å². The summed E-state index contributed by atoms with van der Waals surface area (Å²) in [6, 6.07) is 11.7. The van der Waals surface area contributed by atoms with Crippen LogP contribution in [0.1, 0.15) is 5.56 Å². The summed E-state index contributed by atoms with van der Waals surface area (Å²) < 4.78 is 28.0. The molecule has 0 spiro atoms. The number of carbonyl (C=O) groups is 1. The predicted octanol–water partition coefficient (Wildman–Crippen LogP) is 4.69. The number of nitrogens with one attached hydrogen (secondary N) is 2. The van der Waals surface area contributed by atoms with Crippen LogP contribution in [-0.2, 0) is 6.54 Å². The van der Waals surface area contributed by atoms with Crippen molar-refractivity contribution in [3.63, 3.8) is 0 Å². The molecule has 0 aliphatic carbocycles. The van der Waals surface area contributed by atoms with Crippen LogP contribution in [0.4, 0.5) is 22.1 Å². The van der Waals surface area contributed by atoms with Crippen molar-refractivity contribution in [2.24, 2.45) is 0 Å². The summed E-state index contributed by atoms with van der Waals surface area (Å²) in [5, 5.41) is 5.89. The highest BCUT2D eigenvalue weighted by Crippen LogP contribution is 2.40. The second-order valence-corrected chi connectivity index (χ2v) is 8.49. The zero-order valence-corrected chi connectivity index (χ0v) is 22.9. The Morgan fingerprint density at radius 3 is 2.13 bits per heavy atom. The summed E-state index contributed by atoms with van der Waals surface area (Å²) in [7, 11) is 7.72. The molecule has 0 radical (unpaired) electrons. The molecule has 0 aliphatic rings. The van der Waals surface area contributed by atoms with Gasteiger partial charge in [0, 0.05) is 17.8 Å². The molecule has 2 N–H and O–H groups in total. The topological polar surface area (TPSA) is 129 Å². The van der Waals surface area contributed by atoms with Crippen molar-refractivity contribution in [2.45, 2.75) is 6.54 Å². The molecule has 4 rings (SSSR count). The van der Waals surface area contributed by atoms with Crippen LogP contribution in [-0.4, -0.2) is 60.8 Å². The minimum atomic E-state index is -0.473. The first-order chi connectivity index (χ1) is 18.9. The highest BCUT2D eigenvalue weighted by molar-refractivity contribution is 7.78. The third-order valence-corrected chi connectivity index (χ3v) is 5.92. The molecule has 0 saturated heterocycles. The lowest BCUT2D eigenvalue weighted by Gasteiger charge is -2.17. The van der Waals surface area contributed by atoms with Gasteiger partial charge in [0.1, 0.15) is 11.3 Å². The minimum Gasteiger partial charge on any atom is -0.493 e. The molecule has 0 aliphatic heterocycles. The number of nitrogens with zero attached hydrogens (tertiary/aromatic N) is 4. The Morgan fingerprint density at radius 2 is 1.49 bits per heavy atom. The van der Waals surface area contributed by atoms with Crippen LogP contribution in [0.2, 0.25) is 0 Å². The largest absolute Gasteiger partial charge is 0.493 e. The highest BCUT2D eigenvalue weighted by atomic mass is 32.1. The molecule has 13 heteroatoms. The van der Waals surface area contributed by atoms with E-state index in [1.807, 2.05) is 6.07 Å². The Morgan fingerprint density at radius 1 is 0.821 bits per heavy atom. The van der Waals surface area contributed by atoms with Crippen molar-refractivity contribution in [3.8, 4) is 28.7 Å². The number of fused-ring (bicyclic) bond motifs is 1. The van der Waals surface area contributed by atoms with E-state index < -0.39 is 6.03 Å². The number of urea groups is 1. The van der Waals surface area contributed by atoms with E-state index in [1.54, 1.807) is 56.8 Å². The molecule has 0 atom stereocenters. The van der Waals surface area contributed by atoms with Crippen LogP contribution in [0.25, 0.3) is 11.2 Å². The lowest BCUT2D eigenvalue weighted by atomic mass is 10.2. The van der Waals surface area contributed by atoms with E-state index in [1.165, 1.54) is 25.6 Å². The van der Waals surface area contributed by atoms with Crippen LogP contribution >= 0.6 is 12.8 Å². The van der Waals surface area contributed by atoms with Crippen molar-refractivity contribution < 1.29 is 28.5 Å². The maximum absolute atomic E-state index is 12.8. The van der Waals surface area contributed by atoms with Gasteiger partial charge in [-0.2, -0.15) is 0 Å². The number of thiol groups is 1. The normalized spacial score (nSPS) is 10.5. The van der Waals surface area contributed by atoms with E-state index >= 15 is 0 Å². The molecule has 4 aromatic rings. The molecule has 2 aromatic carbocycles. The average Bonchev–Trinajstić information content (AvgIpc) is 2.96. The van der Waals surface area contributed by atoms with Crippen molar-refractivity contribution in [2.75, 3.05) is 46.2 Å². The summed E-state index contributed by atoms with van der Waals surface area (Å²) in [6.45, 7) is 0.214. The van der Waals surface area contributed by atoms with Gasteiger partial charge in [0.2, 0.25) is 5.75 Å². The number of amides is 2. The van der Waals surface area contributed by atoms with Gasteiger partial charge in [0.25, 0.3) is 0 Å². The second-order valence-electron chi connectivity index (χ2n) is 8.01. The number of methoxy groups -OCH3 is 5. The van der Waals surface area contributed by atoms with Gasteiger partial charge in [-0.05, 0) is 29.8 Å². The number of hydrogen-bond acceptors (Lipinski definition) is 11. The Kier molecular flexibility index (Phi) is 8.61. The van der Waals surface area contributed by atoms with Gasteiger partial charge in [0.15, 0.2) is 34.5 Å². The fraction of sp³-hybridized carbons (Fsp3) is 0.231. The maximum Gasteiger partial charge on any atom is 0.333 e. The van der Waals surface area contributed by atoms with Crippen LogP contribution < -0.4 is 34.3 Å². The average molecular weight is 553 g/mol. The molecule has 39 heavy (non-hydrogen) atoms. The number of anilines is 3. The van der Waals surface area contributed by atoms with E-state index in [9.17, 15) is 4.79 Å². The third-order valence-electron chi connectivity index (χ3n) is 5.59. The van der Waals surface area contributed by atoms with Crippen molar-refractivity contribution in [1.29, 1.82) is 0 Å². The van der Waals surface area contributed by atoms with E-state index in [4.69, 9.17) is 23.7 Å². The Labute approximate surface area is 230 Å². The third kappa shape index (κ3) is 6.26. The lowest BCUT2D eigenvalue weighted by molar-refractivity contribution is 0.238. The van der Waals surface area contributed by atoms with Crippen LogP contribution in [0, 0.1) is 0 Å². The van der Waals surface area contributed by atoms with E-state index in [0.717, 1.165) is 5.56 Å². The first-order valence-electron chi connectivity index (χ1n) is 11.6. The van der Waals surface area contributed by atoms with Crippen molar-refractivity contribution in [1.82, 2.24) is 19.3 Å². The van der Waals surface area contributed by atoms with Gasteiger partial charge < -0.3 is 29.0 Å². The monoisotopic (exact) mass is 552 g/mol. The number of benzene rings is 2. The van der Waals surface area contributed by atoms with Gasteiger partial charge in [-0.15, -0.1) is 0 Å². The Balaban J connectivity index is 1.49. The molecular weight excluding hydrogens is 524 g/mol. The molecule has 0 unspecified atom stereocenters. The minimum absolute atomic E-state index is 0.214. The summed E-state index contributed by atoms with van der Waals surface area (Å²) >= 11 is 4.33. The first kappa shape index (κ1) is 27.4. The van der Waals surface area contributed by atoms with Crippen molar-refractivity contribution in [3.05, 3.63) is 54.2 Å². The fourth-order valence-corrected chi connectivity index (χ4v) is 3.94. The summed E-state index contributed by atoms with van der Waals surface area (Å²) in [5.41, 5.74) is 2.33. The molecule has 12 nitrogen and oxygen atoms in total. The first-order valence-corrected chi connectivity index (χ1v) is 12.0. The fourth-order valence-electron chi connectivity index (χ4n) is 3.73. The lowest BCUT2D eigenvalue weighted by Crippen LogP contribution is -2.27. The number of hydrogen-bond donors (Lipinski definition) is 3. The number of aromatic nitrogens is 3. The van der Waals surface area contributed by atoms with E-state index in [2.05, 4.69) is 38.4 Å². The SMILES string of the molecule is COc1ccc(CN(S)C(=O)Nc2ccc3ncc(Nc4cc(OC)c(OC)c(OC)c4)nc3n2)cc1OC. The van der Waals surface area contributed by atoms with E-state index in [-0.39, 0.29) is 12.4 Å². The summed E-state index contributed by atoms with van der Waals surface area (Å²) in [4.78, 5) is 26.1. The van der Waals surface area contributed by atoms with E-state index in [0.29, 0.717) is 51.4 Å². The molecule has 2 heterocycles. The second kappa shape index (κ2) is 12.3. The zero-order chi connectivity index (χ0) is 27.9. The quantitative estimate of drug-likeness (QED) is 0.238. The van der Waals surface area contributed by atoms with Gasteiger partial charge in [-0.25, -0.2) is 19.7 Å². The number of ether oxygens (including phenoxy) is 5. The molecule has 204 valence electrons. The molecule has 0 fully saturated rings. The van der Waals surface area contributed by atoms with Crippen LogP contribution in [0.15, 0.2) is 48.7 Å². The molecule has 2 aromatic heterocycles. The molecule has 0 saturated carbocycles. The summed E-state index contributed by atoms with van der Waals surface area (Å²) in [5.74, 6) is 3.32. The highest BCUT2D eigenvalue weighted by Gasteiger charge is 2.16. The van der Waals surface area contributed by atoms with Gasteiger partial charge in [-0.1, -0.05) is 18.9 Å². The number of carbonyl (C=O) groups excluding carboxylic acids is 1. The zero-order valence-electron chi connectivity index (χ0n) is 22.0. The molecular formula is C26H28N6O6S. The molecule has 2 amide bonds. The van der Waals surface area contributed by atoms with Crippen molar-refractivity contribution >= 4 is 47.3 Å². The Hall–Kier alpha value is -4.65. The maximum atomic E-state index is 12.8. The predicted molar refractivity (Wildman–Crippen MR) is 150 cm³/mol. The van der Waals surface area contributed by atoms with Gasteiger partial charge in [-0.3, -0.25) is 9.62 Å². The summed E-state index contributed by atoms with van der Waals surface area (Å²) in [6.07, 6.45) is 1.57. The van der Waals surface area contributed by atoms with Gasteiger partial charge in [0.05, 0.1) is 48.3 Å². The molecule has 0 bridgehead atoms. The number of pyridine rings is 1. The standard InChI is InChI=1S/C26H28N6O6S/c1-34-18-8-6-15(10-19(18)35-2)14-32(39)26(33)31-22-9-7-17-25(29-22)30-23(13-27-17)28-16-11-20(36-3)24(38-5)21(12-16)37-4/h6-13,39H,14H2,1-5H3,(H2,28,29,30,31,33). The van der Waals surface area contributed by atoms with Gasteiger partial charge >= 0.3 is 6.03 Å². The Bertz CT molecular complexity index is 1460.